The average Bonchev–Trinajstić information content (AvgIpc) is 2.45. The maximum absolute atomic E-state index is 11.2. The summed E-state index contributed by atoms with van der Waals surface area (Å²) in [6.45, 7) is 0.746. The molecular formula is C14H16O6. The van der Waals surface area contributed by atoms with E-state index in [0.717, 1.165) is 5.56 Å². The fourth-order valence-corrected chi connectivity index (χ4v) is 1.37. The maximum Gasteiger partial charge on any atom is 0.372 e. The molecule has 1 rings (SSSR count). The highest BCUT2D eigenvalue weighted by Crippen LogP contribution is 2.00. The minimum Gasteiger partial charge on any atom is -0.476 e. The van der Waals surface area contributed by atoms with Crippen LogP contribution in [-0.4, -0.2) is 36.0 Å². The molecule has 6 nitrogen and oxygen atoms in total. The zero-order valence-corrected chi connectivity index (χ0v) is 10.9. The number of aliphatic carboxylic acids is 1. The van der Waals surface area contributed by atoms with Crippen molar-refractivity contribution in [1.82, 2.24) is 0 Å². The molecule has 108 valence electrons. The van der Waals surface area contributed by atoms with E-state index in [4.69, 9.17) is 14.6 Å². The van der Waals surface area contributed by atoms with Gasteiger partial charge in [-0.3, -0.25) is 9.59 Å². The predicted octanol–water partition coefficient (Wildman–Crippen LogP) is 1.18. The SMILES string of the molecule is O=C(CCC(=O)C(=O)O)OCCOCc1ccccc1. The fourth-order valence-electron chi connectivity index (χ4n) is 1.37. The van der Waals surface area contributed by atoms with Crippen LogP contribution in [0.4, 0.5) is 0 Å². The number of Topliss-reactive ketones (excluding diaryl/α,β-unsaturated/α-hetero) is 1. The molecule has 0 fully saturated rings. The average molecular weight is 280 g/mol. The normalized spacial score (nSPS) is 10.0. The van der Waals surface area contributed by atoms with E-state index >= 15 is 0 Å². The van der Waals surface area contributed by atoms with Crippen molar-refractivity contribution in [2.45, 2.75) is 19.4 Å². The van der Waals surface area contributed by atoms with Crippen LogP contribution in [0.1, 0.15) is 18.4 Å². The summed E-state index contributed by atoms with van der Waals surface area (Å²) in [5, 5.41) is 8.33. The molecule has 20 heavy (non-hydrogen) atoms. The number of esters is 1. The van der Waals surface area contributed by atoms with E-state index in [2.05, 4.69) is 0 Å². The second-order valence-electron chi connectivity index (χ2n) is 3.99. The fraction of sp³-hybridized carbons (Fsp3) is 0.357. The molecule has 0 radical (unpaired) electrons. The molecule has 0 atom stereocenters. The Hall–Kier alpha value is -2.21. The molecule has 0 saturated carbocycles. The monoisotopic (exact) mass is 280 g/mol. The van der Waals surface area contributed by atoms with E-state index in [1.54, 1.807) is 0 Å². The molecular weight excluding hydrogens is 264 g/mol. The minimum atomic E-state index is -1.54. The zero-order chi connectivity index (χ0) is 14.8. The molecule has 0 aliphatic carbocycles. The van der Waals surface area contributed by atoms with Gasteiger partial charge in [-0.05, 0) is 5.56 Å². The number of hydrogen-bond acceptors (Lipinski definition) is 5. The van der Waals surface area contributed by atoms with Crippen molar-refractivity contribution in [3.05, 3.63) is 35.9 Å². The lowest BCUT2D eigenvalue weighted by Gasteiger charge is -2.05. The van der Waals surface area contributed by atoms with E-state index in [-0.39, 0.29) is 26.1 Å². The highest BCUT2D eigenvalue weighted by atomic mass is 16.6. The Kier molecular flexibility index (Phi) is 6.99. The van der Waals surface area contributed by atoms with Crippen molar-refractivity contribution in [1.29, 1.82) is 0 Å². The van der Waals surface area contributed by atoms with E-state index in [9.17, 15) is 14.4 Å². The molecule has 1 N–H and O–H groups in total. The van der Waals surface area contributed by atoms with E-state index in [1.807, 2.05) is 30.3 Å². The van der Waals surface area contributed by atoms with Gasteiger partial charge >= 0.3 is 11.9 Å². The van der Waals surface area contributed by atoms with Crippen molar-refractivity contribution < 1.29 is 29.0 Å². The largest absolute Gasteiger partial charge is 0.476 e. The van der Waals surface area contributed by atoms with Crippen molar-refractivity contribution in [3.63, 3.8) is 0 Å². The number of carbonyl (C=O) groups excluding carboxylic acids is 2. The first-order valence-electron chi connectivity index (χ1n) is 6.13. The number of carboxylic acid groups (broad SMARTS) is 1. The van der Waals surface area contributed by atoms with Crippen molar-refractivity contribution in [2.24, 2.45) is 0 Å². The third-order valence-electron chi connectivity index (χ3n) is 2.40. The number of ether oxygens (including phenoxy) is 2. The van der Waals surface area contributed by atoms with Crippen molar-refractivity contribution >= 4 is 17.7 Å². The third-order valence-corrected chi connectivity index (χ3v) is 2.40. The third kappa shape index (κ3) is 6.65. The standard InChI is InChI=1S/C14H16O6/c15-12(14(17)18)6-7-13(16)20-9-8-19-10-11-4-2-1-3-5-11/h1-5H,6-10H2,(H,17,18). The molecule has 1 aromatic carbocycles. The van der Waals surface area contributed by atoms with Crippen LogP contribution in [-0.2, 0) is 30.5 Å². The molecule has 0 aromatic heterocycles. The number of ketones is 1. The number of carbonyl (C=O) groups is 3. The molecule has 0 saturated heterocycles. The first-order valence-corrected chi connectivity index (χ1v) is 6.13. The molecule has 0 heterocycles. The molecule has 0 aliphatic rings. The van der Waals surface area contributed by atoms with E-state index < -0.39 is 17.7 Å². The minimum absolute atomic E-state index is 0.0763. The summed E-state index contributed by atoms with van der Waals surface area (Å²) < 4.78 is 10.1. The summed E-state index contributed by atoms with van der Waals surface area (Å²) >= 11 is 0. The molecule has 0 spiro atoms. The van der Waals surface area contributed by atoms with Gasteiger partial charge < -0.3 is 14.6 Å². The molecule has 6 heteroatoms. The second kappa shape index (κ2) is 8.82. The van der Waals surface area contributed by atoms with Crippen LogP contribution in [0.2, 0.25) is 0 Å². The van der Waals surface area contributed by atoms with Gasteiger partial charge in [-0.1, -0.05) is 30.3 Å². The summed E-state index contributed by atoms with van der Waals surface area (Å²) in [5.41, 5.74) is 1.02. The first-order chi connectivity index (χ1) is 9.59. The van der Waals surface area contributed by atoms with Crippen molar-refractivity contribution in [2.75, 3.05) is 13.2 Å². The second-order valence-corrected chi connectivity index (χ2v) is 3.99. The lowest BCUT2D eigenvalue weighted by atomic mass is 10.2. The van der Waals surface area contributed by atoms with Gasteiger partial charge in [-0.25, -0.2) is 4.79 Å². The van der Waals surface area contributed by atoms with Gasteiger partial charge in [0.1, 0.15) is 6.61 Å². The van der Waals surface area contributed by atoms with Crippen LogP contribution in [0.25, 0.3) is 0 Å². The maximum atomic E-state index is 11.2. The van der Waals surface area contributed by atoms with Crippen LogP contribution in [0.3, 0.4) is 0 Å². The van der Waals surface area contributed by atoms with Crippen LogP contribution >= 0.6 is 0 Å². The number of carboxylic acids is 1. The Bertz CT molecular complexity index is 454. The van der Waals surface area contributed by atoms with Crippen LogP contribution in [0, 0.1) is 0 Å². The first kappa shape index (κ1) is 15.8. The van der Waals surface area contributed by atoms with E-state index in [0.29, 0.717) is 6.61 Å². The molecule has 0 aliphatic heterocycles. The summed E-state index contributed by atoms with van der Waals surface area (Å²) in [6, 6.07) is 9.55. The van der Waals surface area contributed by atoms with Gasteiger partial charge in [0.2, 0.25) is 5.78 Å². The summed E-state index contributed by atoms with van der Waals surface area (Å²) in [5.74, 6) is -3.14. The quantitative estimate of drug-likeness (QED) is 0.415. The molecule has 0 amide bonds. The number of benzene rings is 1. The summed E-state index contributed by atoms with van der Waals surface area (Å²) in [4.78, 5) is 32.2. The number of rotatable bonds is 9. The molecule has 1 aromatic rings. The topological polar surface area (TPSA) is 89.9 Å². The Balaban J connectivity index is 2.05. The summed E-state index contributed by atoms with van der Waals surface area (Å²) in [6.07, 6.45) is -0.580. The Morgan fingerprint density at radius 1 is 1.00 bits per heavy atom. The van der Waals surface area contributed by atoms with Gasteiger partial charge in [0, 0.05) is 6.42 Å². The van der Waals surface area contributed by atoms with Gasteiger partial charge in [-0.2, -0.15) is 0 Å². The van der Waals surface area contributed by atoms with Gasteiger partial charge in [0.15, 0.2) is 0 Å². The lowest BCUT2D eigenvalue weighted by Crippen LogP contribution is -2.16. The van der Waals surface area contributed by atoms with Gasteiger partial charge in [0.25, 0.3) is 0 Å². The highest BCUT2D eigenvalue weighted by molar-refractivity contribution is 6.32. The lowest BCUT2D eigenvalue weighted by molar-refractivity contribution is -0.151. The molecule has 0 unspecified atom stereocenters. The van der Waals surface area contributed by atoms with Gasteiger partial charge in [0.05, 0.1) is 19.6 Å². The molecule has 0 bridgehead atoms. The van der Waals surface area contributed by atoms with Gasteiger partial charge in [-0.15, -0.1) is 0 Å². The number of hydrogen-bond donors (Lipinski definition) is 1. The predicted molar refractivity (Wildman–Crippen MR) is 68.9 cm³/mol. The van der Waals surface area contributed by atoms with Crippen LogP contribution < -0.4 is 0 Å². The Morgan fingerprint density at radius 3 is 2.35 bits per heavy atom. The Morgan fingerprint density at radius 2 is 1.70 bits per heavy atom. The van der Waals surface area contributed by atoms with Crippen molar-refractivity contribution in [3.8, 4) is 0 Å². The zero-order valence-electron chi connectivity index (χ0n) is 10.9. The smallest absolute Gasteiger partial charge is 0.372 e. The van der Waals surface area contributed by atoms with Crippen LogP contribution in [0.15, 0.2) is 30.3 Å². The van der Waals surface area contributed by atoms with Crippen LogP contribution in [0.5, 0.6) is 0 Å². The highest BCUT2D eigenvalue weighted by Gasteiger charge is 2.13. The van der Waals surface area contributed by atoms with E-state index in [1.165, 1.54) is 0 Å². The summed E-state index contributed by atoms with van der Waals surface area (Å²) in [7, 11) is 0. The Labute approximate surface area is 116 Å².